The lowest BCUT2D eigenvalue weighted by molar-refractivity contribution is -0.129. The van der Waals surface area contributed by atoms with Gasteiger partial charge in [-0.3, -0.25) is 4.79 Å². The van der Waals surface area contributed by atoms with Gasteiger partial charge in [0.15, 0.2) is 0 Å². The smallest absolute Gasteiger partial charge is 0.240 e. The highest BCUT2D eigenvalue weighted by molar-refractivity contribution is 5.86. The van der Waals surface area contributed by atoms with Crippen LogP contribution in [0.25, 0.3) is 0 Å². The van der Waals surface area contributed by atoms with E-state index in [0.29, 0.717) is 32.6 Å². The van der Waals surface area contributed by atoms with Crippen LogP contribution in [0.4, 0.5) is 0 Å². The van der Waals surface area contributed by atoms with Gasteiger partial charge in [0.1, 0.15) is 0 Å². The van der Waals surface area contributed by atoms with E-state index in [1.54, 1.807) is 0 Å². The van der Waals surface area contributed by atoms with E-state index < -0.39 is 5.54 Å². The van der Waals surface area contributed by atoms with E-state index in [0.717, 1.165) is 6.42 Å². The van der Waals surface area contributed by atoms with Gasteiger partial charge in [0, 0.05) is 19.8 Å². The van der Waals surface area contributed by atoms with Crippen molar-refractivity contribution >= 4 is 5.91 Å². The maximum absolute atomic E-state index is 12.1. The van der Waals surface area contributed by atoms with E-state index in [1.807, 2.05) is 12.1 Å². The minimum absolute atomic E-state index is 0.0515. The number of carbonyl (C=O) groups is 1. The number of ether oxygens (including phenoxy) is 1. The van der Waals surface area contributed by atoms with Crippen molar-refractivity contribution in [2.45, 2.75) is 31.7 Å². The maximum Gasteiger partial charge on any atom is 0.240 e. The zero-order valence-corrected chi connectivity index (χ0v) is 11.4. The Kier molecular flexibility index (Phi) is 4.56. The Hall–Kier alpha value is -1.39. The van der Waals surface area contributed by atoms with Gasteiger partial charge in [-0.1, -0.05) is 24.3 Å². The van der Waals surface area contributed by atoms with Gasteiger partial charge >= 0.3 is 0 Å². The molecule has 0 unspecified atom stereocenters. The van der Waals surface area contributed by atoms with E-state index in [9.17, 15) is 4.79 Å². The monoisotopic (exact) mass is 262 g/mol. The molecule has 19 heavy (non-hydrogen) atoms. The molecular weight excluding hydrogens is 240 g/mol. The van der Waals surface area contributed by atoms with Crippen molar-refractivity contribution in [2.75, 3.05) is 19.8 Å². The molecule has 0 bridgehead atoms. The summed E-state index contributed by atoms with van der Waals surface area (Å²) in [6.07, 6.45) is 2.04. The van der Waals surface area contributed by atoms with Gasteiger partial charge < -0.3 is 15.8 Å². The molecule has 1 aliphatic rings. The summed E-state index contributed by atoms with van der Waals surface area (Å²) in [7, 11) is 0. The summed E-state index contributed by atoms with van der Waals surface area (Å²) in [6, 6.07) is 8.22. The van der Waals surface area contributed by atoms with Crippen molar-refractivity contribution < 1.29 is 9.53 Å². The van der Waals surface area contributed by atoms with Crippen LogP contribution >= 0.6 is 0 Å². The molecule has 0 radical (unpaired) electrons. The topological polar surface area (TPSA) is 64.4 Å². The summed E-state index contributed by atoms with van der Waals surface area (Å²) in [5.74, 6) is -0.0515. The fourth-order valence-corrected chi connectivity index (χ4v) is 2.34. The molecule has 0 atom stereocenters. The number of aryl methyl sites for hydroxylation is 1. The van der Waals surface area contributed by atoms with Gasteiger partial charge in [0.2, 0.25) is 5.91 Å². The van der Waals surface area contributed by atoms with Crippen LogP contribution in [0.3, 0.4) is 0 Å². The van der Waals surface area contributed by atoms with Gasteiger partial charge in [-0.25, -0.2) is 0 Å². The van der Waals surface area contributed by atoms with Crippen LogP contribution in [0.1, 0.15) is 24.0 Å². The normalized spacial score (nSPS) is 18.0. The van der Waals surface area contributed by atoms with Gasteiger partial charge in [-0.15, -0.1) is 0 Å². The molecule has 1 saturated heterocycles. The molecular formula is C15H22N2O2. The number of carbonyl (C=O) groups excluding carboxylic acids is 1. The molecule has 104 valence electrons. The molecule has 3 N–H and O–H groups in total. The van der Waals surface area contributed by atoms with E-state index in [-0.39, 0.29) is 5.91 Å². The summed E-state index contributed by atoms with van der Waals surface area (Å²) in [5, 5.41) is 2.95. The lowest BCUT2D eigenvalue weighted by Crippen LogP contribution is -2.57. The largest absolute Gasteiger partial charge is 0.381 e. The first-order valence-corrected chi connectivity index (χ1v) is 6.81. The van der Waals surface area contributed by atoms with Crippen molar-refractivity contribution in [1.82, 2.24) is 5.32 Å². The van der Waals surface area contributed by atoms with Gasteiger partial charge in [0.05, 0.1) is 5.54 Å². The predicted molar refractivity (Wildman–Crippen MR) is 74.9 cm³/mol. The minimum atomic E-state index is -0.746. The number of hydrogen-bond donors (Lipinski definition) is 2. The van der Waals surface area contributed by atoms with Crippen molar-refractivity contribution in [3.05, 3.63) is 35.4 Å². The first-order chi connectivity index (χ1) is 9.12. The number of nitrogens with two attached hydrogens (primary N) is 1. The van der Waals surface area contributed by atoms with Crippen LogP contribution in [0, 0.1) is 6.92 Å². The van der Waals surface area contributed by atoms with Crippen molar-refractivity contribution in [2.24, 2.45) is 5.73 Å². The van der Waals surface area contributed by atoms with Gasteiger partial charge in [0.25, 0.3) is 0 Å². The summed E-state index contributed by atoms with van der Waals surface area (Å²) >= 11 is 0. The SMILES string of the molecule is Cc1ccccc1CCNC(=O)C1(N)CCOCC1. The third kappa shape index (κ3) is 3.55. The highest BCUT2D eigenvalue weighted by Gasteiger charge is 2.35. The average Bonchev–Trinajstić information content (AvgIpc) is 2.41. The maximum atomic E-state index is 12.1. The van der Waals surface area contributed by atoms with E-state index in [4.69, 9.17) is 10.5 Å². The lowest BCUT2D eigenvalue weighted by Gasteiger charge is -2.31. The highest BCUT2D eigenvalue weighted by atomic mass is 16.5. The van der Waals surface area contributed by atoms with Crippen LogP contribution in [0.5, 0.6) is 0 Å². The first-order valence-electron chi connectivity index (χ1n) is 6.81. The van der Waals surface area contributed by atoms with Crippen LogP contribution in [-0.4, -0.2) is 31.2 Å². The molecule has 1 aromatic carbocycles. The van der Waals surface area contributed by atoms with Gasteiger partial charge in [-0.05, 0) is 37.3 Å². The fourth-order valence-electron chi connectivity index (χ4n) is 2.34. The first kappa shape index (κ1) is 14.0. The van der Waals surface area contributed by atoms with Crippen molar-refractivity contribution in [3.8, 4) is 0 Å². The molecule has 0 aliphatic carbocycles. The van der Waals surface area contributed by atoms with E-state index in [1.165, 1.54) is 11.1 Å². The fraction of sp³-hybridized carbons (Fsp3) is 0.533. The Morgan fingerprint density at radius 1 is 1.37 bits per heavy atom. The molecule has 2 rings (SSSR count). The average molecular weight is 262 g/mol. The third-order valence-electron chi connectivity index (χ3n) is 3.78. The molecule has 1 fully saturated rings. The Bertz CT molecular complexity index is 440. The van der Waals surface area contributed by atoms with E-state index >= 15 is 0 Å². The number of hydrogen-bond acceptors (Lipinski definition) is 3. The Morgan fingerprint density at radius 2 is 2.05 bits per heavy atom. The van der Waals surface area contributed by atoms with Crippen LogP contribution in [-0.2, 0) is 16.0 Å². The molecule has 1 aromatic rings. The highest BCUT2D eigenvalue weighted by Crippen LogP contribution is 2.17. The number of nitrogens with one attached hydrogen (secondary N) is 1. The van der Waals surface area contributed by atoms with Crippen molar-refractivity contribution in [3.63, 3.8) is 0 Å². The Morgan fingerprint density at radius 3 is 2.74 bits per heavy atom. The summed E-state index contributed by atoms with van der Waals surface area (Å²) in [6.45, 7) is 3.85. The summed E-state index contributed by atoms with van der Waals surface area (Å²) < 4.78 is 5.24. The Labute approximate surface area is 114 Å². The molecule has 1 aliphatic heterocycles. The molecule has 0 saturated carbocycles. The summed E-state index contributed by atoms with van der Waals surface area (Å²) in [4.78, 5) is 12.1. The zero-order valence-electron chi connectivity index (χ0n) is 11.4. The Balaban J connectivity index is 1.82. The van der Waals surface area contributed by atoms with Gasteiger partial charge in [-0.2, -0.15) is 0 Å². The van der Waals surface area contributed by atoms with Crippen LogP contribution in [0.2, 0.25) is 0 Å². The number of rotatable bonds is 4. The minimum Gasteiger partial charge on any atom is -0.381 e. The standard InChI is InChI=1S/C15H22N2O2/c1-12-4-2-3-5-13(12)6-9-17-14(18)15(16)7-10-19-11-8-15/h2-5H,6-11,16H2,1H3,(H,17,18). The lowest BCUT2D eigenvalue weighted by atomic mass is 9.90. The molecule has 1 amide bonds. The molecule has 4 heteroatoms. The van der Waals surface area contributed by atoms with Crippen LogP contribution in [0.15, 0.2) is 24.3 Å². The molecule has 0 spiro atoms. The predicted octanol–water partition coefficient (Wildman–Crippen LogP) is 1.16. The number of benzene rings is 1. The second-order valence-electron chi connectivity index (χ2n) is 5.20. The molecule has 1 heterocycles. The zero-order chi connectivity index (χ0) is 13.7. The second kappa shape index (κ2) is 6.17. The van der Waals surface area contributed by atoms with Crippen LogP contribution < -0.4 is 11.1 Å². The second-order valence-corrected chi connectivity index (χ2v) is 5.20. The summed E-state index contributed by atoms with van der Waals surface area (Å²) in [5.41, 5.74) is 7.89. The number of amides is 1. The van der Waals surface area contributed by atoms with Crippen molar-refractivity contribution in [1.29, 1.82) is 0 Å². The molecule has 0 aromatic heterocycles. The quantitative estimate of drug-likeness (QED) is 0.856. The third-order valence-corrected chi connectivity index (χ3v) is 3.78. The molecule has 4 nitrogen and oxygen atoms in total. The van der Waals surface area contributed by atoms with E-state index in [2.05, 4.69) is 24.4 Å².